The van der Waals surface area contributed by atoms with E-state index in [0.717, 1.165) is 0 Å². The molecule has 0 unspecified atom stereocenters. The van der Waals surface area contributed by atoms with Crippen molar-refractivity contribution in [3.05, 3.63) is 88.5 Å². The molecule has 3 aromatic carbocycles. The minimum atomic E-state index is -0.343. The molecule has 0 aliphatic rings. The van der Waals surface area contributed by atoms with Gasteiger partial charge in [-0.15, -0.1) is 0 Å². The quantitative estimate of drug-likeness (QED) is 0.363. The van der Waals surface area contributed by atoms with E-state index in [1.807, 2.05) is 0 Å². The number of nitriles is 1. The van der Waals surface area contributed by atoms with Gasteiger partial charge in [-0.1, -0.05) is 18.2 Å². The van der Waals surface area contributed by atoms with Gasteiger partial charge in [-0.3, -0.25) is 9.59 Å². The number of para-hydroxylation sites is 1. The lowest BCUT2D eigenvalue weighted by atomic mass is 10.1. The number of anilines is 1. The second-order valence-electron chi connectivity index (χ2n) is 7.58. The van der Waals surface area contributed by atoms with Crippen LogP contribution in [0.2, 0.25) is 0 Å². The van der Waals surface area contributed by atoms with Crippen LogP contribution in [0.5, 0.6) is 17.2 Å². The summed E-state index contributed by atoms with van der Waals surface area (Å²) in [6.07, 6.45) is 1.58. The minimum Gasteiger partial charge on any atom is -0.497 e. The Labute approximate surface area is 206 Å². The Bertz CT molecular complexity index is 1530. The highest BCUT2D eigenvalue weighted by Crippen LogP contribution is 2.29. The number of hydrogen-bond donors (Lipinski definition) is 2. The molecule has 0 atom stereocenters. The Kier molecular flexibility index (Phi) is 7.27. The Hall–Kier alpha value is -5.10. The predicted molar refractivity (Wildman–Crippen MR) is 136 cm³/mol. The molecule has 180 valence electrons. The number of carbonyl (C=O) groups excluding carboxylic acids is 1. The molecule has 1 heterocycles. The first-order valence-electron chi connectivity index (χ1n) is 10.9. The molecule has 2 N–H and O–H groups in total. The molecule has 36 heavy (non-hydrogen) atoms. The topological polar surface area (TPSA) is 126 Å². The molecular formula is C27H22N4O5. The molecule has 0 aliphatic carbocycles. The number of fused-ring (bicyclic) bond motifs is 1. The lowest BCUT2D eigenvalue weighted by Gasteiger charge is -2.12. The molecule has 0 fully saturated rings. The maximum Gasteiger partial charge on any atom is 0.262 e. The third-order valence-electron chi connectivity index (χ3n) is 5.22. The van der Waals surface area contributed by atoms with E-state index in [9.17, 15) is 14.9 Å². The molecule has 4 rings (SSSR count). The first-order valence-corrected chi connectivity index (χ1v) is 10.9. The first kappa shape index (κ1) is 24.0. The molecule has 0 saturated heterocycles. The number of nitrogens with zero attached hydrogens (tertiary/aromatic N) is 2. The Morgan fingerprint density at radius 2 is 1.83 bits per heavy atom. The molecule has 9 heteroatoms. The molecule has 1 aromatic heterocycles. The number of nitrogens with one attached hydrogen (secondary N) is 2. The van der Waals surface area contributed by atoms with Crippen molar-refractivity contribution in [2.24, 2.45) is 0 Å². The van der Waals surface area contributed by atoms with E-state index in [2.05, 4.69) is 21.4 Å². The molecule has 1 amide bonds. The Morgan fingerprint density at radius 3 is 2.56 bits per heavy atom. The van der Waals surface area contributed by atoms with Gasteiger partial charge in [-0.2, -0.15) is 5.26 Å². The molecule has 0 aliphatic heterocycles. The van der Waals surface area contributed by atoms with Crippen molar-refractivity contribution in [2.45, 2.75) is 0 Å². The maximum atomic E-state index is 12.4. The standard InChI is InChI=1S/C27H22N4O5/c1-34-20-10-8-19(9-11-20)29-25(32)16-36-23-12-7-17(14-24(23)35-2)13-18(15-28)26-30-22-6-4-3-5-21(22)27(33)31-26/h3-14H,16H2,1-2H3,(H,29,32)(H,30,31,33). The zero-order valence-electron chi connectivity index (χ0n) is 19.6. The van der Waals surface area contributed by atoms with Crippen LogP contribution >= 0.6 is 0 Å². The highest BCUT2D eigenvalue weighted by atomic mass is 16.5. The number of aromatic nitrogens is 2. The minimum absolute atomic E-state index is 0.163. The van der Waals surface area contributed by atoms with Crippen LogP contribution in [0.25, 0.3) is 22.6 Å². The lowest BCUT2D eigenvalue weighted by molar-refractivity contribution is -0.118. The average Bonchev–Trinajstić information content (AvgIpc) is 2.91. The Morgan fingerprint density at radius 1 is 1.06 bits per heavy atom. The summed E-state index contributed by atoms with van der Waals surface area (Å²) in [6.45, 7) is -0.233. The Balaban J connectivity index is 1.50. The SMILES string of the molecule is COc1ccc(NC(=O)COc2ccc(C=C(C#N)c3nc4ccccc4c(=O)[nH]3)cc2OC)cc1. The summed E-state index contributed by atoms with van der Waals surface area (Å²) in [6, 6.07) is 20.9. The molecule has 4 aromatic rings. The zero-order chi connectivity index (χ0) is 25.5. The van der Waals surface area contributed by atoms with E-state index in [1.165, 1.54) is 7.11 Å². The fraction of sp³-hybridized carbons (Fsp3) is 0.111. The number of methoxy groups -OCH3 is 2. The van der Waals surface area contributed by atoms with Gasteiger partial charge in [0.1, 0.15) is 11.8 Å². The van der Waals surface area contributed by atoms with E-state index in [1.54, 1.807) is 79.9 Å². The van der Waals surface area contributed by atoms with Crippen molar-refractivity contribution in [3.63, 3.8) is 0 Å². The number of benzene rings is 3. The van der Waals surface area contributed by atoms with Crippen molar-refractivity contribution in [1.29, 1.82) is 5.26 Å². The van der Waals surface area contributed by atoms with Crippen LogP contribution in [0.1, 0.15) is 11.4 Å². The van der Waals surface area contributed by atoms with Crippen LogP contribution in [-0.4, -0.2) is 36.7 Å². The van der Waals surface area contributed by atoms with Crippen molar-refractivity contribution in [2.75, 3.05) is 26.1 Å². The van der Waals surface area contributed by atoms with Crippen LogP contribution in [0.4, 0.5) is 5.69 Å². The van der Waals surface area contributed by atoms with Gasteiger partial charge in [0.2, 0.25) is 0 Å². The van der Waals surface area contributed by atoms with E-state index in [-0.39, 0.29) is 29.5 Å². The van der Waals surface area contributed by atoms with Crippen molar-refractivity contribution >= 4 is 34.1 Å². The normalized spacial score (nSPS) is 11.0. The van der Waals surface area contributed by atoms with Crippen LogP contribution in [-0.2, 0) is 4.79 Å². The highest BCUT2D eigenvalue weighted by Gasteiger charge is 2.11. The lowest BCUT2D eigenvalue weighted by Crippen LogP contribution is -2.20. The fourth-order valence-electron chi connectivity index (χ4n) is 3.44. The summed E-state index contributed by atoms with van der Waals surface area (Å²) >= 11 is 0. The first-order chi connectivity index (χ1) is 17.5. The summed E-state index contributed by atoms with van der Waals surface area (Å²) in [7, 11) is 3.04. The van der Waals surface area contributed by atoms with Gasteiger partial charge in [-0.25, -0.2) is 4.98 Å². The molecule has 0 spiro atoms. The highest BCUT2D eigenvalue weighted by molar-refractivity contribution is 5.92. The predicted octanol–water partition coefficient (Wildman–Crippen LogP) is 4.02. The van der Waals surface area contributed by atoms with Gasteiger partial charge in [0.25, 0.3) is 11.5 Å². The van der Waals surface area contributed by atoms with Crippen molar-refractivity contribution < 1.29 is 19.0 Å². The van der Waals surface area contributed by atoms with E-state index in [4.69, 9.17) is 14.2 Å². The number of aromatic amines is 1. The summed E-state index contributed by atoms with van der Waals surface area (Å²) in [5, 5.41) is 12.9. The fourth-order valence-corrected chi connectivity index (χ4v) is 3.44. The molecule has 0 saturated carbocycles. The van der Waals surface area contributed by atoms with Gasteiger partial charge in [0.15, 0.2) is 23.9 Å². The van der Waals surface area contributed by atoms with Gasteiger partial charge in [-0.05, 0) is 60.2 Å². The summed E-state index contributed by atoms with van der Waals surface area (Å²) in [4.78, 5) is 31.7. The smallest absolute Gasteiger partial charge is 0.262 e. The molecular weight excluding hydrogens is 460 g/mol. The summed E-state index contributed by atoms with van der Waals surface area (Å²) in [5.41, 5.74) is 1.57. The van der Waals surface area contributed by atoms with E-state index < -0.39 is 0 Å². The van der Waals surface area contributed by atoms with Gasteiger partial charge < -0.3 is 24.5 Å². The third kappa shape index (κ3) is 5.51. The van der Waals surface area contributed by atoms with Crippen LogP contribution < -0.4 is 25.1 Å². The van der Waals surface area contributed by atoms with Crippen molar-refractivity contribution in [3.8, 4) is 23.3 Å². The summed E-state index contributed by atoms with van der Waals surface area (Å²) in [5.74, 6) is 1.24. The van der Waals surface area contributed by atoms with Crippen LogP contribution in [0.3, 0.4) is 0 Å². The summed E-state index contributed by atoms with van der Waals surface area (Å²) < 4.78 is 16.1. The van der Waals surface area contributed by atoms with Crippen molar-refractivity contribution in [1.82, 2.24) is 9.97 Å². The number of allylic oxidation sites excluding steroid dienone is 1. The van der Waals surface area contributed by atoms with Gasteiger partial charge in [0.05, 0.1) is 30.7 Å². The second kappa shape index (κ2) is 10.9. The number of carbonyl (C=O) groups is 1. The number of ether oxygens (including phenoxy) is 3. The van der Waals surface area contributed by atoms with E-state index >= 15 is 0 Å². The molecule has 0 radical (unpaired) electrons. The number of H-pyrrole nitrogens is 1. The van der Waals surface area contributed by atoms with Crippen LogP contribution in [0, 0.1) is 11.3 Å². The largest absolute Gasteiger partial charge is 0.497 e. The average molecular weight is 482 g/mol. The van der Waals surface area contributed by atoms with E-state index in [0.29, 0.717) is 39.4 Å². The number of rotatable bonds is 8. The third-order valence-corrected chi connectivity index (χ3v) is 5.22. The maximum absolute atomic E-state index is 12.4. The van der Waals surface area contributed by atoms with Gasteiger partial charge in [0, 0.05) is 5.69 Å². The molecule has 9 nitrogen and oxygen atoms in total. The van der Waals surface area contributed by atoms with Gasteiger partial charge >= 0.3 is 0 Å². The van der Waals surface area contributed by atoms with Crippen LogP contribution in [0.15, 0.2) is 71.5 Å². The zero-order valence-corrected chi connectivity index (χ0v) is 19.6. The number of amides is 1. The molecule has 0 bridgehead atoms. The second-order valence-corrected chi connectivity index (χ2v) is 7.58. The number of hydrogen-bond acceptors (Lipinski definition) is 7. The monoisotopic (exact) mass is 482 g/mol.